The highest BCUT2D eigenvalue weighted by Gasteiger charge is 2.30. The normalized spacial score (nSPS) is 17.3. The van der Waals surface area contributed by atoms with E-state index >= 15 is 0 Å². The molecule has 1 aromatic carbocycles. The minimum Gasteiger partial charge on any atom is -0.480 e. The van der Waals surface area contributed by atoms with Gasteiger partial charge in [-0.05, 0) is 38.9 Å². The Kier molecular flexibility index (Phi) is 4.73. The van der Waals surface area contributed by atoms with Crippen LogP contribution >= 0.6 is 0 Å². The number of carboxylic acids is 1. The van der Waals surface area contributed by atoms with E-state index in [4.69, 9.17) is 0 Å². The summed E-state index contributed by atoms with van der Waals surface area (Å²) in [4.78, 5) is 15.9. The van der Waals surface area contributed by atoms with Gasteiger partial charge in [0.25, 0.3) is 0 Å². The van der Waals surface area contributed by atoms with E-state index in [-0.39, 0.29) is 0 Å². The third-order valence-corrected chi connectivity index (χ3v) is 4.47. The van der Waals surface area contributed by atoms with Gasteiger partial charge in [0.1, 0.15) is 5.54 Å². The average Bonchev–Trinajstić information content (AvgIpc) is 2.49. The first-order chi connectivity index (χ1) is 9.98. The fourth-order valence-electron chi connectivity index (χ4n) is 2.76. The zero-order valence-corrected chi connectivity index (χ0v) is 13.1. The first-order valence-corrected chi connectivity index (χ1v) is 7.45. The molecule has 1 aliphatic rings. The highest BCUT2D eigenvalue weighted by molar-refractivity contribution is 5.78. The van der Waals surface area contributed by atoms with Crippen molar-refractivity contribution >= 4 is 17.3 Å². The summed E-state index contributed by atoms with van der Waals surface area (Å²) in [5.41, 5.74) is 1.65. The molecule has 1 aliphatic heterocycles. The summed E-state index contributed by atoms with van der Waals surface area (Å²) in [5.74, 6) is -0.788. The number of rotatable bonds is 6. The minimum atomic E-state index is -0.841. The molecule has 1 heterocycles. The Morgan fingerprint density at radius 1 is 1.33 bits per heavy atom. The predicted octanol–water partition coefficient (Wildman–Crippen LogP) is 1.79. The summed E-state index contributed by atoms with van der Waals surface area (Å²) in [7, 11) is 3.82. The number of likely N-dealkylation sites (N-methyl/N-ethyl adjacent to an activating group) is 2. The number of nitrogens with zero attached hydrogens (tertiary/aromatic N) is 2. The minimum absolute atomic E-state index is 0.618. The largest absolute Gasteiger partial charge is 0.480 e. The van der Waals surface area contributed by atoms with Crippen LogP contribution in [0.5, 0.6) is 0 Å². The van der Waals surface area contributed by atoms with Crippen LogP contribution < -0.4 is 15.1 Å². The van der Waals surface area contributed by atoms with Gasteiger partial charge in [0.15, 0.2) is 0 Å². The summed E-state index contributed by atoms with van der Waals surface area (Å²) < 4.78 is 0. The van der Waals surface area contributed by atoms with Crippen molar-refractivity contribution in [3.05, 3.63) is 24.3 Å². The predicted molar refractivity (Wildman–Crippen MR) is 86.3 cm³/mol. The molecule has 5 nitrogen and oxygen atoms in total. The van der Waals surface area contributed by atoms with Gasteiger partial charge in [-0.2, -0.15) is 0 Å². The summed E-state index contributed by atoms with van der Waals surface area (Å²) >= 11 is 0. The number of carboxylic acid groups (broad SMARTS) is 1. The van der Waals surface area contributed by atoms with E-state index in [9.17, 15) is 9.90 Å². The number of anilines is 2. The molecular weight excluding hydrogens is 266 g/mol. The number of fused-ring (bicyclic) bond motifs is 1. The van der Waals surface area contributed by atoms with Crippen LogP contribution in [-0.2, 0) is 4.79 Å². The Morgan fingerprint density at radius 3 is 2.62 bits per heavy atom. The zero-order valence-electron chi connectivity index (χ0n) is 13.1. The Balaban J connectivity index is 1.99. The lowest BCUT2D eigenvalue weighted by Gasteiger charge is -2.37. The van der Waals surface area contributed by atoms with Crippen LogP contribution in [0.25, 0.3) is 0 Å². The maximum Gasteiger partial charge on any atom is 0.323 e. The Hall–Kier alpha value is -1.75. The molecule has 0 amide bonds. The highest BCUT2D eigenvalue weighted by Crippen LogP contribution is 2.32. The summed E-state index contributed by atoms with van der Waals surface area (Å²) in [6.07, 6.45) is 1.47. The Bertz CT molecular complexity index is 506. The number of hydrogen-bond acceptors (Lipinski definition) is 4. The molecule has 1 unspecified atom stereocenters. The summed E-state index contributed by atoms with van der Waals surface area (Å²) in [6, 6.07) is 8.39. The van der Waals surface area contributed by atoms with Gasteiger partial charge >= 0.3 is 5.97 Å². The van der Waals surface area contributed by atoms with Crippen molar-refractivity contribution in [2.24, 2.45) is 0 Å². The molecule has 2 rings (SSSR count). The second-order valence-electron chi connectivity index (χ2n) is 5.89. The van der Waals surface area contributed by atoms with Crippen molar-refractivity contribution in [2.45, 2.75) is 25.3 Å². The van der Waals surface area contributed by atoms with Crippen molar-refractivity contribution in [1.82, 2.24) is 5.32 Å². The fraction of sp³-hybridized carbons (Fsp3) is 0.562. The van der Waals surface area contributed by atoms with Crippen LogP contribution in [0.4, 0.5) is 11.4 Å². The number of benzene rings is 1. The number of aliphatic carboxylic acids is 1. The van der Waals surface area contributed by atoms with Gasteiger partial charge in [0.2, 0.25) is 0 Å². The number of hydrogen-bond donors (Lipinski definition) is 2. The van der Waals surface area contributed by atoms with Crippen molar-refractivity contribution in [3.63, 3.8) is 0 Å². The van der Waals surface area contributed by atoms with Gasteiger partial charge in [0, 0.05) is 26.7 Å². The van der Waals surface area contributed by atoms with E-state index in [1.165, 1.54) is 11.4 Å². The van der Waals surface area contributed by atoms with Gasteiger partial charge in [-0.3, -0.25) is 4.79 Å². The van der Waals surface area contributed by atoms with Gasteiger partial charge in [-0.25, -0.2) is 0 Å². The van der Waals surface area contributed by atoms with Crippen LogP contribution in [0.3, 0.4) is 0 Å². The molecule has 0 saturated carbocycles. The van der Waals surface area contributed by atoms with E-state index in [0.29, 0.717) is 6.42 Å². The molecule has 116 valence electrons. The van der Waals surface area contributed by atoms with Crippen molar-refractivity contribution in [3.8, 4) is 0 Å². The molecule has 0 bridgehead atoms. The molecule has 0 radical (unpaired) electrons. The van der Waals surface area contributed by atoms with Crippen molar-refractivity contribution in [2.75, 3.05) is 43.5 Å². The maximum absolute atomic E-state index is 11.3. The maximum atomic E-state index is 11.3. The molecule has 0 aromatic heterocycles. The molecule has 2 N–H and O–H groups in total. The van der Waals surface area contributed by atoms with Gasteiger partial charge in [-0.15, -0.1) is 0 Å². The van der Waals surface area contributed by atoms with E-state index in [0.717, 1.165) is 26.1 Å². The quantitative estimate of drug-likeness (QED) is 0.837. The smallest absolute Gasteiger partial charge is 0.323 e. The molecule has 0 fully saturated rings. The molecule has 5 heteroatoms. The van der Waals surface area contributed by atoms with Gasteiger partial charge in [-0.1, -0.05) is 12.1 Å². The van der Waals surface area contributed by atoms with Crippen LogP contribution in [0.1, 0.15) is 19.8 Å². The van der Waals surface area contributed by atoms with Gasteiger partial charge in [0.05, 0.1) is 11.4 Å². The average molecular weight is 291 g/mol. The number of nitrogens with one attached hydrogen (secondary N) is 1. The lowest BCUT2D eigenvalue weighted by Crippen LogP contribution is -2.48. The van der Waals surface area contributed by atoms with E-state index < -0.39 is 11.5 Å². The molecule has 1 atom stereocenters. The van der Waals surface area contributed by atoms with Crippen LogP contribution in [0.15, 0.2) is 24.3 Å². The molecular formula is C16H25N3O2. The highest BCUT2D eigenvalue weighted by atomic mass is 16.4. The molecule has 0 spiro atoms. The van der Waals surface area contributed by atoms with Crippen molar-refractivity contribution < 1.29 is 9.90 Å². The third-order valence-electron chi connectivity index (χ3n) is 4.47. The zero-order chi connectivity index (χ0) is 15.5. The van der Waals surface area contributed by atoms with E-state index in [1.54, 1.807) is 14.0 Å². The van der Waals surface area contributed by atoms with Crippen LogP contribution in [-0.4, -0.2) is 50.3 Å². The first kappa shape index (κ1) is 15.6. The molecule has 21 heavy (non-hydrogen) atoms. The standard InChI is InChI=1S/C16H25N3O2/c1-16(17-2,15(20)21)9-6-10-19-12-11-18(3)13-7-4-5-8-14(13)19/h4-5,7-8,17H,6,9-12H2,1-3H3,(H,20,21). The SMILES string of the molecule is CNC(C)(CCCN1CCN(C)c2ccccc21)C(=O)O. The molecule has 0 saturated heterocycles. The Labute approximate surface area is 126 Å². The lowest BCUT2D eigenvalue weighted by atomic mass is 9.96. The summed E-state index contributed by atoms with van der Waals surface area (Å²) in [5, 5.41) is 12.2. The second-order valence-corrected chi connectivity index (χ2v) is 5.89. The third kappa shape index (κ3) is 3.29. The number of para-hydroxylation sites is 2. The molecule has 0 aliphatic carbocycles. The van der Waals surface area contributed by atoms with E-state index in [1.807, 2.05) is 0 Å². The van der Waals surface area contributed by atoms with Crippen molar-refractivity contribution in [1.29, 1.82) is 0 Å². The van der Waals surface area contributed by atoms with Crippen LogP contribution in [0.2, 0.25) is 0 Å². The van der Waals surface area contributed by atoms with Crippen LogP contribution in [0, 0.1) is 0 Å². The lowest BCUT2D eigenvalue weighted by molar-refractivity contribution is -0.144. The second kappa shape index (κ2) is 6.35. The number of carbonyl (C=O) groups is 1. The van der Waals surface area contributed by atoms with Gasteiger partial charge < -0.3 is 20.2 Å². The monoisotopic (exact) mass is 291 g/mol. The molecule has 1 aromatic rings. The van der Waals surface area contributed by atoms with E-state index in [2.05, 4.69) is 46.4 Å². The summed E-state index contributed by atoms with van der Waals surface area (Å²) in [6.45, 7) is 4.61. The Morgan fingerprint density at radius 2 is 2.00 bits per heavy atom. The first-order valence-electron chi connectivity index (χ1n) is 7.45. The topological polar surface area (TPSA) is 55.8 Å². The fourth-order valence-corrected chi connectivity index (χ4v) is 2.76.